The van der Waals surface area contributed by atoms with Gasteiger partial charge in [-0.1, -0.05) is 34.4 Å². The lowest BCUT2D eigenvalue weighted by molar-refractivity contribution is -0.389. The minimum absolute atomic E-state index is 0.0420. The van der Waals surface area contributed by atoms with E-state index in [0.717, 1.165) is 5.56 Å². The number of hydrogen-bond donors (Lipinski definition) is 1. The highest BCUT2D eigenvalue weighted by atomic mass is 35.5. The average molecular weight is 490 g/mol. The fourth-order valence-corrected chi connectivity index (χ4v) is 3.63. The Morgan fingerprint density at radius 1 is 1.18 bits per heavy atom. The van der Waals surface area contributed by atoms with E-state index in [4.69, 9.17) is 27.7 Å². The highest BCUT2D eigenvalue weighted by Crippen LogP contribution is 2.22. The lowest BCUT2D eigenvalue weighted by Gasteiger charge is -2.05. The molecule has 1 N–H and O–H groups in total. The number of rotatable bonds is 7. The van der Waals surface area contributed by atoms with Gasteiger partial charge in [0.05, 0.1) is 35.5 Å². The van der Waals surface area contributed by atoms with Crippen LogP contribution in [0, 0.1) is 24.0 Å². The predicted octanol–water partition coefficient (Wildman–Crippen LogP) is 4.25. The Hall–Kier alpha value is -3.70. The zero-order valence-corrected chi connectivity index (χ0v) is 19.0. The van der Waals surface area contributed by atoms with Gasteiger partial charge in [-0.05, 0) is 36.5 Å². The third-order valence-electron chi connectivity index (χ3n) is 4.89. The number of hydrogen-bond acceptors (Lipinski definition) is 7. The molecule has 0 radical (unpaired) electrons. The fourth-order valence-electron chi connectivity index (χ4n) is 3.16. The Kier molecular flexibility index (Phi) is 6.16. The molecule has 0 aliphatic rings. The Morgan fingerprint density at radius 3 is 2.67 bits per heavy atom. The first-order valence-electron chi connectivity index (χ1n) is 9.64. The molecule has 4 rings (SSSR count). The van der Waals surface area contributed by atoms with Crippen molar-refractivity contribution in [1.82, 2.24) is 24.7 Å². The average Bonchev–Trinajstić information content (AvgIpc) is 3.45. The van der Waals surface area contributed by atoms with Crippen molar-refractivity contribution in [2.75, 3.05) is 5.32 Å². The third-order valence-corrected chi connectivity index (χ3v) is 5.48. The lowest BCUT2D eigenvalue weighted by atomic mass is 10.2. The summed E-state index contributed by atoms with van der Waals surface area (Å²) in [6.45, 7) is 3.80. The summed E-state index contributed by atoms with van der Waals surface area (Å²) < 4.78 is 8.22. The molecule has 0 unspecified atom stereocenters. The molecule has 0 atom stereocenters. The molecule has 4 aromatic rings. The van der Waals surface area contributed by atoms with E-state index in [2.05, 4.69) is 20.7 Å². The monoisotopic (exact) mass is 489 g/mol. The molecule has 170 valence electrons. The standard InChI is InChI=1S/C20H17Cl2N7O4/c1-11-7-18(29(31)32)25-28(11)10-15-12(2)33-26-19(15)20(30)23-17-5-6-27(24-17)9-13-3-4-14(21)8-16(13)22/h3-8H,9-10H2,1-2H3,(H,23,24,30). The number of carbonyl (C=O) groups excluding carboxylic acids is 1. The van der Waals surface area contributed by atoms with Gasteiger partial charge < -0.3 is 20.0 Å². The van der Waals surface area contributed by atoms with Crippen molar-refractivity contribution in [1.29, 1.82) is 0 Å². The summed E-state index contributed by atoms with van der Waals surface area (Å²) >= 11 is 12.1. The summed E-state index contributed by atoms with van der Waals surface area (Å²) in [6, 6.07) is 8.17. The van der Waals surface area contributed by atoms with Crippen LogP contribution in [0.1, 0.15) is 33.1 Å². The number of benzene rings is 1. The van der Waals surface area contributed by atoms with Gasteiger partial charge in [-0.3, -0.25) is 9.48 Å². The second-order valence-corrected chi connectivity index (χ2v) is 8.06. The van der Waals surface area contributed by atoms with Crippen LogP contribution < -0.4 is 5.32 Å². The molecule has 11 nitrogen and oxygen atoms in total. The second kappa shape index (κ2) is 9.04. The zero-order valence-electron chi connectivity index (χ0n) is 17.5. The maximum atomic E-state index is 12.8. The van der Waals surface area contributed by atoms with Crippen molar-refractivity contribution in [3.05, 3.63) is 85.0 Å². The molecular formula is C20H17Cl2N7O4. The van der Waals surface area contributed by atoms with Gasteiger partial charge in [-0.15, -0.1) is 0 Å². The topological polar surface area (TPSA) is 134 Å². The highest BCUT2D eigenvalue weighted by molar-refractivity contribution is 6.35. The lowest BCUT2D eigenvalue weighted by Crippen LogP contribution is -2.17. The van der Waals surface area contributed by atoms with Crippen molar-refractivity contribution in [3.8, 4) is 0 Å². The van der Waals surface area contributed by atoms with Gasteiger partial charge in [-0.2, -0.15) is 9.78 Å². The molecule has 0 saturated heterocycles. The summed E-state index contributed by atoms with van der Waals surface area (Å²) in [5.74, 6) is -0.0990. The summed E-state index contributed by atoms with van der Waals surface area (Å²) in [4.78, 5) is 23.2. The Morgan fingerprint density at radius 2 is 1.97 bits per heavy atom. The van der Waals surface area contributed by atoms with Crippen LogP contribution in [0.25, 0.3) is 0 Å². The molecule has 0 aliphatic carbocycles. The first kappa shape index (κ1) is 22.5. The van der Waals surface area contributed by atoms with Crippen LogP contribution in [0.15, 0.2) is 41.1 Å². The van der Waals surface area contributed by atoms with Crippen molar-refractivity contribution >= 4 is 40.7 Å². The molecule has 13 heteroatoms. The summed E-state index contributed by atoms with van der Waals surface area (Å²) in [6.07, 6.45) is 1.70. The van der Waals surface area contributed by atoms with E-state index in [1.807, 2.05) is 0 Å². The molecule has 0 fully saturated rings. The number of aryl methyl sites for hydroxylation is 2. The molecule has 1 aromatic carbocycles. The Labute approximate surface area is 197 Å². The van der Waals surface area contributed by atoms with Crippen LogP contribution in [-0.4, -0.2) is 35.5 Å². The number of nitrogens with zero attached hydrogens (tertiary/aromatic N) is 6. The van der Waals surface area contributed by atoms with E-state index in [1.165, 1.54) is 10.7 Å². The molecule has 1 amide bonds. The van der Waals surface area contributed by atoms with Crippen LogP contribution in [-0.2, 0) is 13.1 Å². The minimum atomic E-state index is -0.578. The van der Waals surface area contributed by atoms with E-state index in [9.17, 15) is 14.9 Å². The van der Waals surface area contributed by atoms with E-state index in [0.29, 0.717) is 39.4 Å². The Bertz CT molecular complexity index is 1360. The summed E-state index contributed by atoms with van der Waals surface area (Å²) in [5.41, 5.74) is 1.88. The van der Waals surface area contributed by atoms with E-state index in [-0.39, 0.29) is 18.1 Å². The summed E-state index contributed by atoms with van der Waals surface area (Å²) in [7, 11) is 0. The largest absolute Gasteiger partial charge is 0.390 e. The van der Waals surface area contributed by atoms with Crippen molar-refractivity contribution in [3.63, 3.8) is 0 Å². The number of amides is 1. The van der Waals surface area contributed by atoms with E-state index in [1.54, 1.807) is 49.0 Å². The quantitative estimate of drug-likeness (QED) is 0.302. The van der Waals surface area contributed by atoms with E-state index < -0.39 is 10.8 Å². The predicted molar refractivity (Wildman–Crippen MR) is 120 cm³/mol. The zero-order chi connectivity index (χ0) is 23.7. The molecule has 33 heavy (non-hydrogen) atoms. The first-order chi connectivity index (χ1) is 15.7. The van der Waals surface area contributed by atoms with Crippen LogP contribution in [0.2, 0.25) is 10.0 Å². The molecule has 0 aliphatic heterocycles. The van der Waals surface area contributed by atoms with Gasteiger partial charge in [0.2, 0.25) is 0 Å². The number of aromatic nitrogens is 5. The maximum absolute atomic E-state index is 12.8. The highest BCUT2D eigenvalue weighted by Gasteiger charge is 2.24. The number of halogens is 2. The Balaban J connectivity index is 1.49. The van der Waals surface area contributed by atoms with Crippen molar-refractivity contribution < 1.29 is 14.2 Å². The molecule has 0 spiro atoms. The summed E-state index contributed by atoms with van der Waals surface area (Å²) in [5, 5.41) is 26.8. The van der Waals surface area contributed by atoms with Crippen LogP contribution >= 0.6 is 23.2 Å². The van der Waals surface area contributed by atoms with Crippen molar-refractivity contribution in [2.24, 2.45) is 0 Å². The number of nitro groups is 1. The van der Waals surface area contributed by atoms with Gasteiger partial charge in [0.15, 0.2) is 11.5 Å². The number of carbonyl (C=O) groups is 1. The number of nitrogens with one attached hydrogen (secondary N) is 1. The van der Waals surface area contributed by atoms with Gasteiger partial charge in [0.25, 0.3) is 5.91 Å². The fraction of sp³-hybridized carbons (Fsp3) is 0.200. The molecule has 0 bridgehead atoms. The van der Waals surface area contributed by atoms with Crippen LogP contribution in [0.5, 0.6) is 0 Å². The normalized spacial score (nSPS) is 11.0. The molecular weight excluding hydrogens is 473 g/mol. The first-order valence-corrected chi connectivity index (χ1v) is 10.4. The van der Waals surface area contributed by atoms with Crippen molar-refractivity contribution in [2.45, 2.75) is 26.9 Å². The van der Waals surface area contributed by atoms with Crippen LogP contribution in [0.4, 0.5) is 11.6 Å². The smallest absolute Gasteiger partial charge is 0.361 e. The van der Waals surface area contributed by atoms with Gasteiger partial charge >= 0.3 is 5.82 Å². The molecule has 3 heterocycles. The minimum Gasteiger partial charge on any atom is -0.361 e. The number of anilines is 1. The van der Waals surface area contributed by atoms with E-state index >= 15 is 0 Å². The second-order valence-electron chi connectivity index (χ2n) is 7.21. The SMILES string of the molecule is Cc1onc(C(=O)Nc2ccn(Cc3ccc(Cl)cc3Cl)n2)c1Cn1nc([N+](=O)[O-])cc1C. The third kappa shape index (κ3) is 4.89. The van der Waals surface area contributed by atoms with Gasteiger partial charge in [0, 0.05) is 22.3 Å². The van der Waals surface area contributed by atoms with Gasteiger partial charge in [0.1, 0.15) is 5.76 Å². The maximum Gasteiger partial charge on any atom is 0.390 e. The molecule has 3 aromatic heterocycles. The molecule has 0 saturated carbocycles. The van der Waals surface area contributed by atoms with Crippen LogP contribution in [0.3, 0.4) is 0 Å². The van der Waals surface area contributed by atoms with Gasteiger partial charge in [-0.25, -0.2) is 0 Å².